The fourth-order valence-electron chi connectivity index (χ4n) is 3.12. The monoisotopic (exact) mass is 323 g/mol. The summed E-state index contributed by atoms with van der Waals surface area (Å²) in [5.74, 6) is 0.912. The van der Waals surface area contributed by atoms with Crippen molar-refractivity contribution in [2.75, 3.05) is 6.54 Å². The Kier molecular flexibility index (Phi) is 3.40. The van der Waals surface area contributed by atoms with Crippen LogP contribution >= 0.6 is 0 Å². The van der Waals surface area contributed by atoms with Gasteiger partial charge >= 0.3 is 0 Å². The first-order valence-corrected chi connectivity index (χ1v) is 8.27. The van der Waals surface area contributed by atoms with Crippen molar-refractivity contribution in [3.05, 3.63) is 54.0 Å². The highest BCUT2D eigenvalue weighted by Crippen LogP contribution is 2.46. The van der Waals surface area contributed by atoms with Crippen LogP contribution in [0, 0.1) is 19.3 Å². The van der Waals surface area contributed by atoms with Gasteiger partial charge in [-0.05, 0) is 38.3 Å². The summed E-state index contributed by atoms with van der Waals surface area (Å²) in [6.45, 7) is 5.59. The Morgan fingerprint density at radius 1 is 1.33 bits per heavy atom. The average molecular weight is 323 g/mol. The van der Waals surface area contributed by atoms with Crippen LogP contribution in [0.15, 0.2) is 36.9 Å². The van der Waals surface area contributed by atoms with Crippen LogP contribution in [-0.4, -0.2) is 31.4 Å². The molecule has 1 saturated carbocycles. The summed E-state index contributed by atoms with van der Waals surface area (Å²) in [4.78, 5) is 21.2. The van der Waals surface area contributed by atoms with Crippen LogP contribution in [0.25, 0.3) is 5.65 Å². The average Bonchev–Trinajstić information content (AvgIpc) is 2.99. The summed E-state index contributed by atoms with van der Waals surface area (Å²) in [7, 11) is 0. The van der Waals surface area contributed by atoms with Gasteiger partial charge in [-0.15, -0.1) is 0 Å². The first-order chi connectivity index (χ1) is 11.6. The Morgan fingerprint density at radius 3 is 2.83 bits per heavy atom. The zero-order chi connectivity index (χ0) is 16.7. The van der Waals surface area contributed by atoms with Gasteiger partial charge in [-0.1, -0.05) is 6.07 Å². The molecule has 1 fully saturated rings. The van der Waals surface area contributed by atoms with Crippen molar-refractivity contribution in [3.8, 4) is 0 Å². The maximum Gasteiger partial charge on any atom is 0.271 e. The smallest absolute Gasteiger partial charge is 0.271 e. The van der Waals surface area contributed by atoms with Crippen LogP contribution in [0.1, 0.15) is 34.7 Å². The minimum Gasteiger partial charge on any atom is -0.350 e. The van der Waals surface area contributed by atoms with Crippen LogP contribution in [0.3, 0.4) is 0 Å². The van der Waals surface area contributed by atoms with E-state index in [2.05, 4.69) is 19.9 Å². The first-order valence-electron chi connectivity index (χ1n) is 8.27. The highest BCUT2D eigenvalue weighted by atomic mass is 16.1. The van der Waals surface area contributed by atoms with E-state index >= 15 is 0 Å². The Labute approximate surface area is 140 Å². The highest BCUT2D eigenvalue weighted by molar-refractivity contribution is 5.93. The van der Waals surface area contributed by atoms with Gasteiger partial charge in [0.05, 0.1) is 0 Å². The van der Waals surface area contributed by atoms with Crippen molar-refractivity contribution < 1.29 is 4.79 Å². The molecule has 0 aromatic carbocycles. The van der Waals surface area contributed by atoms with Crippen molar-refractivity contribution in [3.63, 3.8) is 0 Å². The minimum absolute atomic E-state index is 0.105. The van der Waals surface area contributed by atoms with Gasteiger partial charge in [-0.2, -0.15) is 0 Å². The lowest BCUT2D eigenvalue weighted by atomic mass is 10.1. The fourth-order valence-corrected chi connectivity index (χ4v) is 3.12. The fraction of sp³-hybridized carbons (Fsp3) is 0.389. The molecule has 0 atom stereocenters. The lowest BCUT2D eigenvalue weighted by Crippen LogP contribution is -2.32. The van der Waals surface area contributed by atoms with Crippen LogP contribution in [0.4, 0.5) is 0 Å². The topological polar surface area (TPSA) is 64.2 Å². The van der Waals surface area contributed by atoms with Crippen molar-refractivity contribution in [2.24, 2.45) is 5.41 Å². The standard InChI is InChI=1S/C18H21N5O/c1-13-4-3-8-22-10-15(21-16(13)22)17(24)20-11-18(5-6-18)12-23-9-7-19-14(23)2/h3-4,7-10H,5-6,11-12H2,1-2H3,(H,20,24). The normalized spacial score (nSPS) is 15.6. The lowest BCUT2D eigenvalue weighted by Gasteiger charge is -2.17. The molecule has 1 aliphatic rings. The van der Waals surface area contributed by atoms with Crippen molar-refractivity contribution in [1.29, 1.82) is 0 Å². The molecule has 0 radical (unpaired) electrons. The molecule has 4 rings (SSSR count). The number of aromatic nitrogens is 4. The van der Waals surface area contributed by atoms with E-state index in [0.717, 1.165) is 36.4 Å². The third-order valence-corrected chi connectivity index (χ3v) is 4.92. The van der Waals surface area contributed by atoms with E-state index in [1.807, 2.05) is 49.0 Å². The number of aryl methyl sites for hydroxylation is 2. The number of carbonyl (C=O) groups excluding carboxylic acids is 1. The number of hydrogen-bond donors (Lipinski definition) is 1. The second kappa shape index (κ2) is 5.47. The Bertz CT molecular complexity index is 903. The molecule has 3 aromatic heterocycles. The number of rotatable bonds is 5. The number of nitrogens with zero attached hydrogens (tertiary/aromatic N) is 4. The van der Waals surface area contributed by atoms with Crippen molar-refractivity contribution in [1.82, 2.24) is 24.3 Å². The molecule has 0 bridgehead atoms. The number of pyridine rings is 1. The molecule has 0 spiro atoms. The predicted octanol–water partition coefficient (Wildman–Crippen LogP) is 2.36. The molecule has 6 heteroatoms. The lowest BCUT2D eigenvalue weighted by molar-refractivity contribution is 0.0938. The summed E-state index contributed by atoms with van der Waals surface area (Å²) in [6.07, 6.45) is 9.79. The summed E-state index contributed by atoms with van der Waals surface area (Å²) < 4.78 is 4.05. The van der Waals surface area contributed by atoms with E-state index in [-0.39, 0.29) is 11.3 Å². The molecule has 1 amide bonds. The highest BCUT2D eigenvalue weighted by Gasteiger charge is 2.43. The SMILES string of the molecule is Cc1cccn2cc(C(=O)NCC3(Cn4ccnc4C)CC3)nc12. The quantitative estimate of drug-likeness (QED) is 0.784. The second-order valence-corrected chi connectivity index (χ2v) is 6.83. The van der Waals surface area contributed by atoms with Gasteiger partial charge in [0.25, 0.3) is 5.91 Å². The van der Waals surface area contributed by atoms with Gasteiger partial charge in [-0.25, -0.2) is 9.97 Å². The summed E-state index contributed by atoms with van der Waals surface area (Å²) in [5.41, 5.74) is 2.53. The summed E-state index contributed by atoms with van der Waals surface area (Å²) in [6, 6.07) is 3.95. The van der Waals surface area contributed by atoms with Gasteiger partial charge in [-0.3, -0.25) is 4.79 Å². The number of hydrogen-bond acceptors (Lipinski definition) is 3. The van der Waals surface area contributed by atoms with Gasteiger partial charge in [0.2, 0.25) is 0 Å². The second-order valence-electron chi connectivity index (χ2n) is 6.83. The number of carbonyl (C=O) groups is 1. The first kappa shape index (κ1) is 14.9. The molecular weight excluding hydrogens is 302 g/mol. The zero-order valence-electron chi connectivity index (χ0n) is 14.0. The molecule has 0 saturated heterocycles. The molecule has 6 nitrogen and oxygen atoms in total. The number of amides is 1. The molecule has 124 valence electrons. The van der Waals surface area contributed by atoms with Crippen LogP contribution < -0.4 is 5.32 Å². The minimum atomic E-state index is -0.105. The molecule has 0 aliphatic heterocycles. The van der Waals surface area contributed by atoms with E-state index in [4.69, 9.17) is 0 Å². The molecule has 3 aromatic rings. The summed E-state index contributed by atoms with van der Waals surface area (Å²) in [5, 5.41) is 3.07. The third kappa shape index (κ3) is 2.68. The summed E-state index contributed by atoms with van der Waals surface area (Å²) >= 11 is 0. The van der Waals surface area contributed by atoms with Crippen molar-refractivity contribution in [2.45, 2.75) is 33.2 Å². The van der Waals surface area contributed by atoms with Crippen LogP contribution in [0.2, 0.25) is 0 Å². The maximum atomic E-state index is 12.5. The predicted molar refractivity (Wildman–Crippen MR) is 90.9 cm³/mol. The van der Waals surface area contributed by atoms with E-state index in [1.54, 1.807) is 6.20 Å². The van der Waals surface area contributed by atoms with Crippen LogP contribution in [-0.2, 0) is 6.54 Å². The molecule has 3 heterocycles. The number of fused-ring (bicyclic) bond motifs is 1. The zero-order valence-corrected chi connectivity index (χ0v) is 14.0. The van der Waals surface area contributed by atoms with Gasteiger partial charge in [0.1, 0.15) is 17.2 Å². The van der Waals surface area contributed by atoms with Crippen molar-refractivity contribution >= 4 is 11.6 Å². The number of nitrogens with one attached hydrogen (secondary N) is 1. The van der Waals surface area contributed by atoms with Gasteiger partial charge < -0.3 is 14.3 Å². The van der Waals surface area contributed by atoms with Crippen LogP contribution in [0.5, 0.6) is 0 Å². The van der Waals surface area contributed by atoms with E-state index in [1.165, 1.54) is 0 Å². The van der Waals surface area contributed by atoms with E-state index < -0.39 is 0 Å². The molecule has 1 N–H and O–H groups in total. The Balaban J connectivity index is 1.44. The molecular formula is C18H21N5O. The van der Waals surface area contributed by atoms with E-state index in [9.17, 15) is 4.79 Å². The Hall–Kier alpha value is -2.63. The largest absolute Gasteiger partial charge is 0.350 e. The Morgan fingerprint density at radius 2 is 2.17 bits per heavy atom. The van der Waals surface area contributed by atoms with Gasteiger partial charge in [0, 0.05) is 43.3 Å². The number of imidazole rings is 2. The third-order valence-electron chi connectivity index (χ3n) is 4.92. The van der Waals surface area contributed by atoms with Gasteiger partial charge in [0.15, 0.2) is 0 Å². The molecule has 24 heavy (non-hydrogen) atoms. The molecule has 1 aliphatic carbocycles. The molecule has 0 unspecified atom stereocenters. The van der Waals surface area contributed by atoms with E-state index in [0.29, 0.717) is 12.2 Å². The maximum absolute atomic E-state index is 12.5.